The van der Waals surface area contributed by atoms with Crippen molar-refractivity contribution in [2.75, 3.05) is 18.5 Å². The Morgan fingerprint density at radius 3 is 2.96 bits per heavy atom. The van der Waals surface area contributed by atoms with E-state index in [0.29, 0.717) is 32.4 Å². The zero-order chi connectivity index (χ0) is 16.4. The van der Waals surface area contributed by atoms with Crippen LogP contribution in [0.3, 0.4) is 0 Å². The summed E-state index contributed by atoms with van der Waals surface area (Å²) >= 11 is 0. The third-order valence-corrected chi connectivity index (χ3v) is 4.75. The predicted octanol–water partition coefficient (Wildman–Crippen LogP) is 2.21. The van der Waals surface area contributed by atoms with Crippen LogP contribution in [0.1, 0.15) is 32.3 Å². The summed E-state index contributed by atoms with van der Waals surface area (Å²) < 4.78 is 5.56. The fourth-order valence-corrected chi connectivity index (χ4v) is 3.34. The molecule has 3 atom stereocenters. The van der Waals surface area contributed by atoms with Crippen molar-refractivity contribution in [1.82, 2.24) is 4.90 Å². The van der Waals surface area contributed by atoms with Crippen LogP contribution in [0, 0.1) is 5.92 Å². The second kappa shape index (κ2) is 6.71. The number of nitrogens with zero attached hydrogens (tertiary/aromatic N) is 1. The van der Waals surface area contributed by atoms with Crippen LogP contribution in [0.2, 0.25) is 0 Å². The van der Waals surface area contributed by atoms with Crippen LogP contribution in [-0.4, -0.2) is 42.0 Å². The molecule has 1 aromatic rings. The van der Waals surface area contributed by atoms with Gasteiger partial charge >= 0.3 is 0 Å². The van der Waals surface area contributed by atoms with Gasteiger partial charge in [-0.25, -0.2) is 0 Å². The van der Waals surface area contributed by atoms with E-state index in [0.717, 1.165) is 11.3 Å². The molecule has 0 aromatic heterocycles. The summed E-state index contributed by atoms with van der Waals surface area (Å²) in [6.45, 7) is 5.22. The lowest BCUT2D eigenvalue weighted by Crippen LogP contribution is -2.50. The predicted molar refractivity (Wildman–Crippen MR) is 88.1 cm³/mol. The van der Waals surface area contributed by atoms with Gasteiger partial charge < -0.3 is 15.0 Å². The number of ether oxygens (including phenoxy) is 1. The van der Waals surface area contributed by atoms with Crippen molar-refractivity contribution in [3.05, 3.63) is 29.8 Å². The fraction of sp³-hybridized carbons (Fsp3) is 0.556. The van der Waals surface area contributed by atoms with Crippen molar-refractivity contribution in [1.29, 1.82) is 0 Å². The molecule has 0 saturated carbocycles. The lowest BCUT2D eigenvalue weighted by molar-refractivity contribution is -0.143. The standard InChI is InChI=1S/C18H24N2O3/c1-12-11-23-13(2)10-20(12)17(21)8-7-15-9-14-5-3-4-6-16(14)19-18(15)22/h3-6,12-13,15H,7-11H2,1-2H3,(H,19,22). The molecule has 0 spiro atoms. The Hall–Kier alpha value is -1.88. The van der Waals surface area contributed by atoms with Gasteiger partial charge in [-0.3, -0.25) is 9.59 Å². The Bertz CT molecular complexity index is 602. The number of rotatable bonds is 3. The highest BCUT2D eigenvalue weighted by Gasteiger charge is 2.30. The second-order valence-electron chi connectivity index (χ2n) is 6.63. The Kier molecular flexibility index (Phi) is 4.66. The molecule has 1 aromatic carbocycles. The number of morpholine rings is 1. The van der Waals surface area contributed by atoms with Gasteiger partial charge in [-0.05, 0) is 38.3 Å². The number of anilines is 1. The van der Waals surface area contributed by atoms with Gasteiger partial charge in [0.2, 0.25) is 11.8 Å². The highest BCUT2D eigenvalue weighted by atomic mass is 16.5. The molecule has 3 unspecified atom stereocenters. The van der Waals surface area contributed by atoms with Gasteiger partial charge in [0.15, 0.2) is 0 Å². The van der Waals surface area contributed by atoms with Gasteiger partial charge in [0.1, 0.15) is 0 Å². The van der Waals surface area contributed by atoms with Gasteiger partial charge in [0.05, 0.1) is 18.8 Å². The number of nitrogens with one attached hydrogen (secondary N) is 1. The molecule has 23 heavy (non-hydrogen) atoms. The first-order chi connectivity index (χ1) is 11.0. The van der Waals surface area contributed by atoms with Crippen LogP contribution in [0.5, 0.6) is 0 Å². The molecule has 3 rings (SSSR count). The first-order valence-corrected chi connectivity index (χ1v) is 8.34. The van der Waals surface area contributed by atoms with Crippen molar-refractivity contribution >= 4 is 17.5 Å². The molecule has 1 fully saturated rings. The smallest absolute Gasteiger partial charge is 0.227 e. The first-order valence-electron chi connectivity index (χ1n) is 8.34. The third kappa shape index (κ3) is 3.55. The summed E-state index contributed by atoms with van der Waals surface area (Å²) in [5.41, 5.74) is 2.05. The molecular formula is C18H24N2O3. The minimum absolute atomic E-state index is 0.0277. The van der Waals surface area contributed by atoms with Crippen LogP contribution in [0.15, 0.2) is 24.3 Å². The van der Waals surface area contributed by atoms with Crippen molar-refractivity contribution < 1.29 is 14.3 Å². The van der Waals surface area contributed by atoms with Gasteiger partial charge in [-0.2, -0.15) is 0 Å². The first kappa shape index (κ1) is 16.0. The maximum Gasteiger partial charge on any atom is 0.227 e. The number of fused-ring (bicyclic) bond motifs is 1. The van der Waals surface area contributed by atoms with Crippen molar-refractivity contribution in [3.63, 3.8) is 0 Å². The number of carbonyl (C=O) groups excluding carboxylic acids is 2. The number of hydrogen-bond donors (Lipinski definition) is 1. The number of hydrogen-bond acceptors (Lipinski definition) is 3. The van der Waals surface area contributed by atoms with Crippen molar-refractivity contribution in [2.45, 2.75) is 45.3 Å². The number of para-hydroxylation sites is 1. The minimum atomic E-state index is -0.123. The molecular weight excluding hydrogens is 292 g/mol. The lowest BCUT2D eigenvalue weighted by atomic mass is 9.89. The van der Waals surface area contributed by atoms with E-state index in [9.17, 15) is 9.59 Å². The molecule has 2 amide bonds. The Morgan fingerprint density at radius 2 is 2.13 bits per heavy atom. The number of carbonyl (C=O) groups is 2. The van der Waals surface area contributed by atoms with E-state index >= 15 is 0 Å². The zero-order valence-corrected chi connectivity index (χ0v) is 13.7. The van der Waals surface area contributed by atoms with Crippen LogP contribution >= 0.6 is 0 Å². The summed E-state index contributed by atoms with van der Waals surface area (Å²) in [6.07, 6.45) is 1.80. The van der Waals surface area contributed by atoms with Crippen LogP contribution in [0.25, 0.3) is 0 Å². The quantitative estimate of drug-likeness (QED) is 0.930. The third-order valence-electron chi connectivity index (χ3n) is 4.75. The fourth-order valence-electron chi connectivity index (χ4n) is 3.34. The highest BCUT2D eigenvalue weighted by Crippen LogP contribution is 2.28. The summed E-state index contributed by atoms with van der Waals surface area (Å²) in [4.78, 5) is 26.6. The van der Waals surface area contributed by atoms with E-state index < -0.39 is 0 Å². The monoisotopic (exact) mass is 316 g/mol. The maximum absolute atomic E-state index is 12.5. The largest absolute Gasteiger partial charge is 0.375 e. The van der Waals surface area contributed by atoms with Crippen LogP contribution in [0.4, 0.5) is 5.69 Å². The SMILES string of the molecule is CC1CN(C(=O)CCC2Cc3ccccc3NC2=O)C(C)CO1. The molecule has 0 bridgehead atoms. The lowest BCUT2D eigenvalue weighted by Gasteiger charge is -2.37. The summed E-state index contributed by atoms with van der Waals surface area (Å²) in [5.74, 6) is 0.0295. The Morgan fingerprint density at radius 1 is 1.35 bits per heavy atom. The molecule has 5 nitrogen and oxygen atoms in total. The van der Waals surface area contributed by atoms with E-state index in [2.05, 4.69) is 5.32 Å². The molecule has 1 N–H and O–H groups in total. The van der Waals surface area contributed by atoms with E-state index in [-0.39, 0.29) is 29.9 Å². The molecule has 0 aliphatic carbocycles. The Balaban J connectivity index is 1.58. The van der Waals surface area contributed by atoms with Crippen LogP contribution in [-0.2, 0) is 20.7 Å². The van der Waals surface area contributed by atoms with Gasteiger partial charge in [0, 0.05) is 24.6 Å². The normalized spacial score (nSPS) is 27.3. The molecule has 2 aliphatic rings. The second-order valence-corrected chi connectivity index (χ2v) is 6.63. The molecule has 1 saturated heterocycles. The van der Waals surface area contributed by atoms with Crippen molar-refractivity contribution in [3.8, 4) is 0 Å². The van der Waals surface area contributed by atoms with E-state index in [1.807, 2.05) is 43.0 Å². The molecule has 124 valence electrons. The van der Waals surface area contributed by atoms with E-state index in [1.165, 1.54) is 0 Å². The molecule has 0 radical (unpaired) electrons. The summed E-state index contributed by atoms with van der Waals surface area (Å²) in [6, 6.07) is 7.97. The maximum atomic E-state index is 12.5. The van der Waals surface area contributed by atoms with E-state index in [1.54, 1.807) is 0 Å². The van der Waals surface area contributed by atoms with Gasteiger partial charge in [-0.1, -0.05) is 18.2 Å². The number of amides is 2. The topological polar surface area (TPSA) is 58.6 Å². The average Bonchev–Trinajstić information content (AvgIpc) is 2.54. The van der Waals surface area contributed by atoms with Crippen molar-refractivity contribution in [2.24, 2.45) is 5.92 Å². The minimum Gasteiger partial charge on any atom is -0.375 e. The Labute approximate surface area is 137 Å². The summed E-state index contributed by atoms with van der Waals surface area (Å²) in [7, 11) is 0. The zero-order valence-electron chi connectivity index (χ0n) is 13.7. The van der Waals surface area contributed by atoms with Crippen LogP contribution < -0.4 is 5.32 Å². The molecule has 2 aliphatic heterocycles. The highest BCUT2D eigenvalue weighted by molar-refractivity contribution is 5.96. The van der Waals surface area contributed by atoms with Gasteiger partial charge in [0.25, 0.3) is 0 Å². The van der Waals surface area contributed by atoms with E-state index in [4.69, 9.17) is 4.74 Å². The number of benzene rings is 1. The summed E-state index contributed by atoms with van der Waals surface area (Å²) in [5, 5.41) is 2.95. The molecule has 2 heterocycles. The average molecular weight is 316 g/mol. The molecule has 5 heteroatoms. The van der Waals surface area contributed by atoms with Gasteiger partial charge in [-0.15, -0.1) is 0 Å².